The summed E-state index contributed by atoms with van der Waals surface area (Å²) in [6, 6.07) is 8.71. The fourth-order valence-electron chi connectivity index (χ4n) is 2.46. The molecule has 5 N–H and O–H groups in total. The van der Waals surface area contributed by atoms with Crippen LogP contribution in [-0.4, -0.2) is 11.1 Å². The van der Waals surface area contributed by atoms with Crippen LogP contribution in [0.2, 0.25) is 0 Å². The third kappa shape index (κ3) is 1.39. The van der Waals surface area contributed by atoms with Gasteiger partial charge >= 0.3 is 5.97 Å². The number of benzene rings is 2. The number of nitrogens with two attached hydrogens (primary N) is 2. The van der Waals surface area contributed by atoms with Gasteiger partial charge in [-0.2, -0.15) is 0 Å². The Morgan fingerprint density at radius 1 is 1.28 bits per heavy atom. The van der Waals surface area contributed by atoms with Gasteiger partial charge in [0.25, 0.3) is 0 Å². The van der Waals surface area contributed by atoms with E-state index in [0.29, 0.717) is 5.70 Å². The fraction of sp³-hybridized carbons (Fsp3) is 0.0714. The minimum absolute atomic E-state index is 0.237. The maximum atomic E-state index is 11.1. The summed E-state index contributed by atoms with van der Waals surface area (Å²) in [5.41, 5.74) is 14.5. The van der Waals surface area contributed by atoms with Crippen LogP contribution in [0.1, 0.15) is 27.5 Å². The number of rotatable bonds is 1. The Morgan fingerprint density at radius 3 is 2.78 bits per heavy atom. The second-order valence-electron chi connectivity index (χ2n) is 4.42. The molecule has 1 aliphatic carbocycles. The summed E-state index contributed by atoms with van der Waals surface area (Å²) in [5, 5.41) is 10.9. The van der Waals surface area contributed by atoms with Gasteiger partial charge in [-0.3, -0.25) is 0 Å². The molecule has 90 valence electrons. The molecule has 0 aromatic heterocycles. The Labute approximate surface area is 104 Å². The van der Waals surface area contributed by atoms with E-state index in [-0.39, 0.29) is 11.6 Å². The first kappa shape index (κ1) is 10.8. The first-order chi connectivity index (χ1) is 8.58. The summed E-state index contributed by atoms with van der Waals surface area (Å²) in [4.78, 5) is 11.1. The lowest BCUT2D eigenvalue weighted by molar-refractivity contribution is 0.0697. The summed E-state index contributed by atoms with van der Waals surface area (Å²) in [5.74, 6) is -0.957. The highest BCUT2D eigenvalue weighted by molar-refractivity contribution is 6.03. The Kier molecular flexibility index (Phi) is 2.15. The molecule has 0 radical (unpaired) electrons. The summed E-state index contributed by atoms with van der Waals surface area (Å²) in [7, 11) is 0. The van der Waals surface area contributed by atoms with Crippen molar-refractivity contribution >= 4 is 22.4 Å². The van der Waals surface area contributed by atoms with Crippen LogP contribution in [0.25, 0.3) is 16.5 Å². The van der Waals surface area contributed by atoms with Crippen molar-refractivity contribution in [2.75, 3.05) is 0 Å². The number of hydrogen-bond donors (Lipinski definition) is 3. The predicted octanol–water partition coefficient (Wildman–Crippen LogP) is 1.85. The van der Waals surface area contributed by atoms with Crippen LogP contribution in [0, 0.1) is 0 Å². The quantitative estimate of drug-likeness (QED) is 0.709. The van der Waals surface area contributed by atoms with Crippen molar-refractivity contribution in [3.8, 4) is 0 Å². The van der Waals surface area contributed by atoms with Crippen molar-refractivity contribution in [2.24, 2.45) is 11.5 Å². The third-order valence-electron chi connectivity index (χ3n) is 3.29. The van der Waals surface area contributed by atoms with Gasteiger partial charge in [0.2, 0.25) is 0 Å². The summed E-state index contributed by atoms with van der Waals surface area (Å²) in [6.45, 7) is 0. The smallest absolute Gasteiger partial charge is 0.335 e. The van der Waals surface area contributed by atoms with Gasteiger partial charge in [-0.15, -0.1) is 0 Å². The first-order valence-electron chi connectivity index (χ1n) is 5.61. The zero-order chi connectivity index (χ0) is 12.9. The van der Waals surface area contributed by atoms with Crippen molar-refractivity contribution in [3.05, 3.63) is 53.1 Å². The monoisotopic (exact) mass is 240 g/mol. The lowest BCUT2D eigenvalue weighted by Gasteiger charge is -2.21. The van der Waals surface area contributed by atoms with E-state index in [1.165, 1.54) is 0 Å². The van der Waals surface area contributed by atoms with E-state index in [2.05, 4.69) is 0 Å². The Balaban J connectivity index is 2.45. The van der Waals surface area contributed by atoms with Gasteiger partial charge in [0.05, 0.1) is 11.6 Å². The van der Waals surface area contributed by atoms with Crippen molar-refractivity contribution in [1.82, 2.24) is 0 Å². The molecule has 0 spiro atoms. The molecule has 2 aromatic rings. The fourth-order valence-corrected chi connectivity index (χ4v) is 2.46. The molecule has 1 aliphatic rings. The lowest BCUT2D eigenvalue weighted by atomic mass is 9.87. The zero-order valence-electron chi connectivity index (χ0n) is 9.55. The lowest BCUT2D eigenvalue weighted by Crippen LogP contribution is -2.16. The van der Waals surface area contributed by atoms with Crippen LogP contribution in [-0.2, 0) is 0 Å². The molecule has 0 saturated carbocycles. The van der Waals surface area contributed by atoms with Crippen LogP contribution in [0.4, 0.5) is 0 Å². The maximum absolute atomic E-state index is 11.1. The molecule has 18 heavy (non-hydrogen) atoms. The van der Waals surface area contributed by atoms with Crippen LogP contribution in [0.5, 0.6) is 0 Å². The molecular formula is C14H12N2O2. The van der Waals surface area contributed by atoms with E-state index >= 15 is 0 Å². The number of aromatic carboxylic acids is 1. The standard InChI is InChI=1S/C14H12N2O2/c15-11-6-12(16)10-5-8(14(17)18)4-7-2-1-3-9(11)13(7)10/h1-6,11H,15-16H2,(H,17,18). The average molecular weight is 240 g/mol. The molecule has 1 unspecified atom stereocenters. The van der Waals surface area contributed by atoms with E-state index in [9.17, 15) is 4.79 Å². The zero-order valence-corrected chi connectivity index (χ0v) is 9.55. The molecule has 0 aliphatic heterocycles. The van der Waals surface area contributed by atoms with Crippen LogP contribution < -0.4 is 11.5 Å². The Morgan fingerprint density at radius 2 is 2.06 bits per heavy atom. The molecule has 1 atom stereocenters. The summed E-state index contributed by atoms with van der Waals surface area (Å²) >= 11 is 0. The van der Waals surface area contributed by atoms with Crippen LogP contribution in [0.3, 0.4) is 0 Å². The van der Waals surface area contributed by atoms with E-state index in [1.807, 2.05) is 18.2 Å². The molecule has 3 rings (SSSR count). The molecule has 0 heterocycles. The minimum Gasteiger partial charge on any atom is -0.478 e. The highest BCUT2D eigenvalue weighted by atomic mass is 16.4. The van der Waals surface area contributed by atoms with Crippen molar-refractivity contribution in [1.29, 1.82) is 0 Å². The number of carbonyl (C=O) groups is 1. The molecule has 0 amide bonds. The molecule has 0 saturated heterocycles. The van der Waals surface area contributed by atoms with E-state index in [1.54, 1.807) is 18.2 Å². The summed E-state index contributed by atoms with van der Waals surface area (Å²) in [6.07, 6.45) is 1.75. The number of hydrogen-bond acceptors (Lipinski definition) is 3. The van der Waals surface area contributed by atoms with Crippen molar-refractivity contribution in [3.63, 3.8) is 0 Å². The minimum atomic E-state index is -0.957. The third-order valence-corrected chi connectivity index (χ3v) is 3.29. The molecule has 2 aromatic carbocycles. The van der Waals surface area contributed by atoms with Crippen molar-refractivity contribution < 1.29 is 9.90 Å². The van der Waals surface area contributed by atoms with Gasteiger partial charge in [0.1, 0.15) is 0 Å². The molecule has 0 fully saturated rings. The highest BCUT2D eigenvalue weighted by Crippen LogP contribution is 2.35. The SMILES string of the molecule is NC1=CC(N)c2cccc3cc(C(=O)O)cc1c23. The topological polar surface area (TPSA) is 89.3 Å². The van der Waals surface area contributed by atoms with Gasteiger partial charge in [0, 0.05) is 11.3 Å². The normalized spacial score (nSPS) is 17.6. The van der Waals surface area contributed by atoms with E-state index in [0.717, 1.165) is 21.9 Å². The second-order valence-corrected chi connectivity index (χ2v) is 4.42. The summed E-state index contributed by atoms with van der Waals surface area (Å²) < 4.78 is 0. The van der Waals surface area contributed by atoms with E-state index < -0.39 is 5.97 Å². The largest absolute Gasteiger partial charge is 0.478 e. The molecule has 4 nitrogen and oxygen atoms in total. The van der Waals surface area contributed by atoms with Gasteiger partial charge in [0.15, 0.2) is 0 Å². The van der Waals surface area contributed by atoms with Gasteiger partial charge in [-0.25, -0.2) is 4.79 Å². The predicted molar refractivity (Wildman–Crippen MR) is 70.0 cm³/mol. The second kappa shape index (κ2) is 3.58. The Hall–Kier alpha value is -2.33. The number of carboxylic acids is 1. The highest BCUT2D eigenvalue weighted by Gasteiger charge is 2.20. The van der Waals surface area contributed by atoms with Gasteiger partial charge in [-0.05, 0) is 34.5 Å². The van der Waals surface area contributed by atoms with Gasteiger partial charge < -0.3 is 16.6 Å². The maximum Gasteiger partial charge on any atom is 0.335 e. The first-order valence-corrected chi connectivity index (χ1v) is 5.61. The Bertz CT molecular complexity index is 704. The van der Waals surface area contributed by atoms with Crippen molar-refractivity contribution in [2.45, 2.75) is 6.04 Å². The van der Waals surface area contributed by atoms with Gasteiger partial charge in [-0.1, -0.05) is 18.2 Å². The van der Waals surface area contributed by atoms with E-state index in [4.69, 9.17) is 16.6 Å². The van der Waals surface area contributed by atoms with Crippen LogP contribution >= 0.6 is 0 Å². The number of carboxylic acid groups (broad SMARTS) is 1. The molecule has 4 heteroatoms. The molecule has 0 bridgehead atoms. The van der Waals surface area contributed by atoms with Crippen LogP contribution in [0.15, 0.2) is 36.4 Å². The average Bonchev–Trinajstić information content (AvgIpc) is 2.35. The molecular weight excluding hydrogens is 228 g/mol.